The number of aromatic nitrogens is 3. The highest BCUT2D eigenvalue weighted by atomic mass is 32.2. The van der Waals surface area contributed by atoms with Gasteiger partial charge in [-0.3, -0.25) is 4.79 Å². The predicted molar refractivity (Wildman–Crippen MR) is 130 cm³/mol. The third kappa shape index (κ3) is 6.98. The van der Waals surface area contributed by atoms with Crippen molar-refractivity contribution >= 4 is 28.4 Å². The minimum Gasteiger partial charge on any atom is -0.457 e. The van der Waals surface area contributed by atoms with Crippen molar-refractivity contribution in [2.45, 2.75) is 50.5 Å². The number of hydrogen-bond acceptors (Lipinski definition) is 7. The molecule has 184 valence electrons. The predicted octanol–water partition coefficient (Wildman–Crippen LogP) is 3.51. The molecule has 2 aromatic heterocycles. The maximum Gasteiger partial charge on any atom is 0.340 e. The molecule has 0 unspecified atom stereocenters. The lowest BCUT2D eigenvalue weighted by atomic mass is 9.97. The number of nitrogens with zero attached hydrogens (tertiary/aromatic N) is 3. The zero-order chi connectivity index (χ0) is 24.6. The fourth-order valence-corrected chi connectivity index (χ4v) is 4.72. The van der Waals surface area contributed by atoms with Gasteiger partial charge in [0.05, 0.1) is 23.3 Å². The molecule has 10 heteroatoms. The summed E-state index contributed by atoms with van der Waals surface area (Å²) in [6.07, 6.45) is 9.55. The molecule has 1 fully saturated rings. The normalized spacial score (nSPS) is 14.7. The van der Waals surface area contributed by atoms with Crippen molar-refractivity contribution in [2.75, 3.05) is 5.32 Å². The Morgan fingerprint density at radius 2 is 1.86 bits per heavy atom. The molecule has 1 aromatic carbocycles. The second-order valence-electron chi connectivity index (χ2n) is 8.69. The number of carbonyl (C=O) groups is 2. The Kier molecular flexibility index (Phi) is 8.25. The Balaban J connectivity index is 1.41. The minimum atomic E-state index is -2.60. The van der Waals surface area contributed by atoms with E-state index in [-0.39, 0.29) is 23.8 Å². The van der Waals surface area contributed by atoms with Crippen LogP contribution in [0.1, 0.15) is 59.8 Å². The van der Waals surface area contributed by atoms with E-state index in [0.717, 1.165) is 31.2 Å². The molecule has 0 aliphatic heterocycles. The van der Waals surface area contributed by atoms with Gasteiger partial charge in [-0.15, -0.1) is 0 Å². The Morgan fingerprint density at radius 3 is 2.54 bits per heavy atom. The number of imidazole rings is 1. The minimum absolute atomic E-state index is 0.161. The summed E-state index contributed by atoms with van der Waals surface area (Å²) in [6, 6.07) is 12.0. The number of amides is 1. The molecule has 35 heavy (non-hydrogen) atoms. The molecular formula is C25H28N4O5S. The second kappa shape index (κ2) is 11.7. The summed E-state index contributed by atoms with van der Waals surface area (Å²) in [5.74, 6) is -0.194. The quantitative estimate of drug-likeness (QED) is 0.326. The molecule has 3 aromatic rings. The first-order chi connectivity index (χ1) is 17.0. The number of nitrogens with one attached hydrogen (secondary N) is 1. The summed E-state index contributed by atoms with van der Waals surface area (Å²) in [5, 5.41) is 2.82. The lowest BCUT2D eigenvalue weighted by molar-refractivity contribution is -0.119. The number of carbonyl (C=O) groups excluding carboxylic acids is 2. The Hall–Kier alpha value is -3.53. The number of pyridine rings is 1. The van der Waals surface area contributed by atoms with Crippen LogP contribution < -0.4 is 5.32 Å². The molecule has 0 bridgehead atoms. The third-order valence-electron chi connectivity index (χ3n) is 6.10. The van der Waals surface area contributed by atoms with Gasteiger partial charge in [0.1, 0.15) is 29.2 Å². The fraction of sp³-hybridized carbons (Fsp3) is 0.360. The van der Waals surface area contributed by atoms with Crippen molar-refractivity contribution in [3.63, 3.8) is 0 Å². The number of anilines is 1. The maximum absolute atomic E-state index is 13.2. The fourth-order valence-electron chi connectivity index (χ4n) is 4.29. The highest BCUT2D eigenvalue weighted by Crippen LogP contribution is 2.32. The number of thiol groups is 1. The number of hydrogen-bond donors (Lipinski definition) is 2. The van der Waals surface area contributed by atoms with E-state index in [4.69, 9.17) is 4.74 Å². The molecule has 1 N–H and O–H groups in total. The lowest BCUT2D eigenvalue weighted by Gasteiger charge is -2.21. The first kappa shape index (κ1) is 24.6. The van der Waals surface area contributed by atoms with Crippen LogP contribution in [0.2, 0.25) is 0 Å². The molecule has 0 radical (unpaired) electrons. The molecule has 1 amide bonds. The Morgan fingerprint density at radius 1 is 1.09 bits per heavy atom. The number of ether oxygens (including phenoxy) is 1. The van der Waals surface area contributed by atoms with Gasteiger partial charge in [0, 0.05) is 12.4 Å². The van der Waals surface area contributed by atoms with Gasteiger partial charge < -0.3 is 14.6 Å². The van der Waals surface area contributed by atoms with E-state index in [1.54, 1.807) is 22.9 Å². The average molecular weight is 497 g/mol. The molecular weight excluding hydrogens is 468 g/mol. The Labute approximate surface area is 205 Å². The van der Waals surface area contributed by atoms with Crippen LogP contribution in [-0.4, -0.2) is 34.8 Å². The maximum atomic E-state index is 13.2. The van der Waals surface area contributed by atoms with E-state index in [9.17, 15) is 18.0 Å². The van der Waals surface area contributed by atoms with Crippen LogP contribution in [-0.2, 0) is 32.6 Å². The van der Waals surface area contributed by atoms with Gasteiger partial charge in [0.15, 0.2) is 0 Å². The summed E-state index contributed by atoms with van der Waals surface area (Å²) in [7, 11) is -2.60. The molecule has 4 rings (SSSR count). The molecule has 0 spiro atoms. The third-order valence-corrected chi connectivity index (χ3v) is 6.69. The number of rotatable bonds is 10. The van der Waals surface area contributed by atoms with Crippen LogP contribution in [0.5, 0.6) is 0 Å². The molecule has 2 heterocycles. The van der Waals surface area contributed by atoms with Crippen molar-refractivity contribution in [3.8, 4) is 0 Å². The molecule has 1 aliphatic rings. The van der Waals surface area contributed by atoms with Crippen LogP contribution in [0.25, 0.3) is 0 Å². The van der Waals surface area contributed by atoms with Crippen molar-refractivity contribution in [1.29, 1.82) is 0 Å². The second-order valence-corrected chi connectivity index (χ2v) is 9.67. The molecule has 9 nitrogen and oxygen atoms in total. The van der Waals surface area contributed by atoms with Crippen LogP contribution in [0.15, 0.2) is 61.2 Å². The van der Waals surface area contributed by atoms with Gasteiger partial charge >= 0.3 is 5.97 Å². The highest BCUT2D eigenvalue weighted by molar-refractivity contribution is 7.71. The summed E-state index contributed by atoms with van der Waals surface area (Å²) in [4.78, 5) is 33.9. The summed E-state index contributed by atoms with van der Waals surface area (Å²) >= 11 is 0. The topological polar surface area (TPSA) is 120 Å². The zero-order valence-electron chi connectivity index (χ0n) is 19.2. The smallest absolute Gasteiger partial charge is 0.340 e. The van der Waals surface area contributed by atoms with Gasteiger partial charge in [0.2, 0.25) is 5.91 Å². The first-order valence-corrected chi connectivity index (χ1v) is 13.0. The van der Waals surface area contributed by atoms with Crippen LogP contribution in [0, 0.1) is 5.92 Å². The van der Waals surface area contributed by atoms with Crippen molar-refractivity contribution in [1.82, 2.24) is 14.5 Å². The standard InChI is InChI=1S/C25H28N4O5S/c30-24(22(12-18-6-4-5-7-18)29-14-21(27-17-29)16-35(32)33)28-23-11-10-20(13-26-23)25(31)34-15-19-8-2-1-3-9-19/h1-3,8-11,13-14,17-18,22,35H,4-7,12,15-16H2,(H,26,28,30)/t22-/m0/s1. The monoisotopic (exact) mass is 496 g/mol. The summed E-state index contributed by atoms with van der Waals surface area (Å²) < 4.78 is 29.1. The van der Waals surface area contributed by atoms with E-state index in [1.165, 1.54) is 12.5 Å². The van der Waals surface area contributed by atoms with E-state index in [0.29, 0.717) is 23.9 Å². The highest BCUT2D eigenvalue weighted by Gasteiger charge is 2.27. The molecule has 1 saturated carbocycles. The van der Waals surface area contributed by atoms with Gasteiger partial charge in [-0.05, 0) is 30.0 Å². The van der Waals surface area contributed by atoms with Crippen LogP contribution in [0.3, 0.4) is 0 Å². The first-order valence-electron chi connectivity index (χ1n) is 11.6. The van der Waals surface area contributed by atoms with Crippen LogP contribution in [0.4, 0.5) is 5.82 Å². The number of esters is 1. The number of benzene rings is 1. The van der Waals surface area contributed by atoms with E-state index < -0.39 is 22.7 Å². The van der Waals surface area contributed by atoms with E-state index in [2.05, 4.69) is 15.3 Å². The van der Waals surface area contributed by atoms with Gasteiger partial charge in [-0.25, -0.2) is 23.2 Å². The van der Waals surface area contributed by atoms with Gasteiger partial charge in [-0.2, -0.15) is 0 Å². The van der Waals surface area contributed by atoms with Crippen molar-refractivity contribution in [3.05, 3.63) is 78.0 Å². The summed E-state index contributed by atoms with van der Waals surface area (Å²) in [6.45, 7) is 0.161. The molecule has 1 atom stereocenters. The van der Waals surface area contributed by atoms with Crippen molar-refractivity contribution in [2.24, 2.45) is 5.92 Å². The Bertz CT molecular complexity index is 1210. The average Bonchev–Trinajstić information content (AvgIpc) is 3.54. The van der Waals surface area contributed by atoms with E-state index in [1.807, 2.05) is 30.3 Å². The largest absolute Gasteiger partial charge is 0.457 e. The SMILES string of the molecule is O=C(OCc1ccccc1)c1ccc(NC(=O)[C@H](CC2CCCC2)n2cnc(C[SH](=O)=O)c2)nc1. The van der Waals surface area contributed by atoms with E-state index >= 15 is 0 Å². The van der Waals surface area contributed by atoms with Crippen molar-refractivity contribution < 1.29 is 22.7 Å². The molecule has 0 saturated heterocycles. The molecule has 1 aliphatic carbocycles. The van der Waals surface area contributed by atoms with Gasteiger partial charge in [-0.1, -0.05) is 56.0 Å². The zero-order valence-corrected chi connectivity index (χ0v) is 20.1. The summed E-state index contributed by atoms with van der Waals surface area (Å²) in [5.41, 5.74) is 1.57. The van der Waals surface area contributed by atoms with Crippen LogP contribution >= 0.6 is 0 Å². The van der Waals surface area contributed by atoms with Gasteiger partial charge in [0.25, 0.3) is 0 Å². The lowest BCUT2D eigenvalue weighted by Crippen LogP contribution is -2.27.